The zero-order valence-electron chi connectivity index (χ0n) is 13.0. The van der Waals surface area contributed by atoms with Crippen molar-refractivity contribution in [2.24, 2.45) is 4.99 Å². The van der Waals surface area contributed by atoms with Crippen LogP contribution in [0.3, 0.4) is 0 Å². The van der Waals surface area contributed by atoms with E-state index in [9.17, 15) is 9.59 Å². The van der Waals surface area contributed by atoms with Gasteiger partial charge < -0.3 is 9.47 Å². The summed E-state index contributed by atoms with van der Waals surface area (Å²) in [5, 5.41) is 0.783. The summed E-state index contributed by atoms with van der Waals surface area (Å²) in [6.45, 7) is 1.30. The smallest absolute Gasteiger partial charge is 0.363 e. The van der Waals surface area contributed by atoms with Gasteiger partial charge in [-0.1, -0.05) is 41.4 Å². The van der Waals surface area contributed by atoms with E-state index in [1.807, 2.05) is 0 Å². The SMILES string of the molecule is CC(=O)Oc1ccccc1/C=C1/N=C(c2ccc(Cl)cc2Cl)OC1=O. The van der Waals surface area contributed by atoms with Crippen molar-refractivity contribution in [1.29, 1.82) is 0 Å². The summed E-state index contributed by atoms with van der Waals surface area (Å²) in [4.78, 5) is 27.5. The second-order valence-corrected chi connectivity index (χ2v) is 5.94. The van der Waals surface area contributed by atoms with Gasteiger partial charge in [-0.3, -0.25) is 4.79 Å². The lowest BCUT2D eigenvalue weighted by Gasteiger charge is -2.04. The first-order valence-electron chi connectivity index (χ1n) is 7.19. The molecule has 5 nitrogen and oxygen atoms in total. The zero-order chi connectivity index (χ0) is 18.0. The number of carbonyl (C=O) groups is 2. The van der Waals surface area contributed by atoms with Gasteiger partial charge in [0.2, 0.25) is 5.90 Å². The molecule has 0 spiro atoms. The number of hydrogen-bond donors (Lipinski definition) is 0. The van der Waals surface area contributed by atoms with Crippen molar-refractivity contribution in [3.05, 3.63) is 69.3 Å². The van der Waals surface area contributed by atoms with Gasteiger partial charge in [-0.2, -0.15) is 0 Å². The van der Waals surface area contributed by atoms with Gasteiger partial charge in [0, 0.05) is 17.5 Å². The fourth-order valence-corrected chi connectivity index (χ4v) is 2.67. The van der Waals surface area contributed by atoms with E-state index in [-0.39, 0.29) is 11.6 Å². The minimum Gasteiger partial charge on any atom is -0.426 e. The van der Waals surface area contributed by atoms with Gasteiger partial charge in [-0.15, -0.1) is 0 Å². The van der Waals surface area contributed by atoms with Gasteiger partial charge in [0.25, 0.3) is 0 Å². The molecule has 0 radical (unpaired) electrons. The Labute approximate surface area is 153 Å². The lowest BCUT2D eigenvalue weighted by molar-refractivity contribution is -0.132. The third kappa shape index (κ3) is 3.90. The van der Waals surface area contributed by atoms with E-state index in [1.54, 1.807) is 36.4 Å². The molecular formula is C18H11Cl2NO4. The third-order valence-electron chi connectivity index (χ3n) is 3.25. The van der Waals surface area contributed by atoms with E-state index >= 15 is 0 Å². The van der Waals surface area contributed by atoms with Crippen LogP contribution >= 0.6 is 23.2 Å². The molecule has 1 aliphatic heterocycles. The predicted octanol–water partition coefficient (Wildman–Crippen LogP) is 4.26. The van der Waals surface area contributed by atoms with Gasteiger partial charge in [-0.25, -0.2) is 9.79 Å². The summed E-state index contributed by atoms with van der Waals surface area (Å²) in [5.41, 5.74) is 1.05. The molecule has 0 fully saturated rings. The van der Waals surface area contributed by atoms with Crippen molar-refractivity contribution in [2.45, 2.75) is 6.92 Å². The number of benzene rings is 2. The number of esters is 2. The second-order valence-electron chi connectivity index (χ2n) is 5.09. The van der Waals surface area contributed by atoms with Crippen LogP contribution in [0.2, 0.25) is 10.0 Å². The molecule has 7 heteroatoms. The number of ether oxygens (including phenoxy) is 2. The monoisotopic (exact) mass is 375 g/mol. The zero-order valence-corrected chi connectivity index (χ0v) is 14.5. The van der Waals surface area contributed by atoms with E-state index in [0.29, 0.717) is 26.9 Å². The molecule has 126 valence electrons. The van der Waals surface area contributed by atoms with E-state index in [2.05, 4.69) is 4.99 Å². The first-order valence-corrected chi connectivity index (χ1v) is 7.95. The molecule has 0 amide bonds. The van der Waals surface area contributed by atoms with Crippen LogP contribution in [-0.2, 0) is 14.3 Å². The lowest BCUT2D eigenvalue weighted by atomic mass is 10.1. The molecule has 2 aromatic carbocycles. The van der Waals surface area contributed by atoms with Crippen molar-refractivity contribution in [1.82, 2.24) is 0 Å². The van der Waals surface area contributed by atoms with Crippen LogP contribution in [0.15, 0.2) is 53.2 Å². The van der Waals surface area contributed by atoms with Crippen molar-refractivity contribution in [3.63, 3.8) is 0 Å². The predicted molar refractivity (Wildman–Crippen MR) is 94.8 cm³/mol. The Bertz CT molecular complexity index is 934. The number of carbonyl (C=O) groups excluding carboxylic acids is 2. The number of nitrogens with zero attached hydrogens (tertiary/aromatic N) is 1. The van der Waals surface area contributed by atoms with Crippen LogP contribution in [-0.4, -0.2) is 17.8 Å². The molecule has 0 atom stereocenters. The average molecular weight is 376 g/mol. The van der Waals surface area contributed by atoms with Crippen LogP contribution in [0, 0.1) is 0 Å². The number of halogens is 2. The maximum atomic E-state index is 12.1. The number of para-hydroxylation sites is 1. The Morgan fingerprint density at radius 1 is 1.20 bits per heavy atom. The Balaban J connectivity index is 1.98. The summed E-state index contributed by atoms with van der Waals surface area (Å²) >= 11 is 12.0. The van der Waals surface area contributed by atoms with Crippen molar-refractivity contribution < 1.29 is 19.1 Å². The molecule has 1 aliphatic rings. The van der Waals surface area contributed by atoms with Gasteiger partial charge in [0.15, 0.2) is 5.70 Å². The molecular weight excluding hydrogens is 365 g/mol. The summed E-state index contributed by atoms with van der Waals surface area (Å²) in [5.74, 6) is -0.679. The van der Waals surface area contributed by atoms with Crippen LogP contribution in [0.1, 0.15) is 18.1 Å². The van der Waals surface area contributed by atoms with E-state index < -0.39 is 11.9 Å². The maximum absolute atomic E-state index is 12.1. The molecule has 0 N–H and O–H groups in total. The molecule has 0 bridgehead atoms. The molecule has 0 aliphatic carbocycles. The highest BCUT2D eigenvalue weighted by atomic mass is 35.5. The van der Waals surface area contributed by atoms with Crippen molar-refractivity contribution in [3.8, 4) is 5.75 Å². The van der Waals surface area contributed by atoms with Gasteiger partial charge in [0.05, 0.1) is 10.6 Å². The Morgan fingerprint density at radius 2 is 1.96 bits per heavy atom. The molecule has 0 aromatic heterocycles. The van der Waals surface area contributed by atoms with Crippen LogP contribution in [0.4, 0.5) is 0 Å². The number of cyclic esters (lactones) is 1. The minimum atomic E-state index is -0.626. The molecule has 3 rings (SSSR count). The van der Waals surface area contributed by atoms with Gasteiger partial charge >= 0.3 is 11.9 Å². The Kier molecular flexibility index (Phi) is 4.88. The highest BCUT2D eigenvalue weighted by Crippen LogP contribution is 2.28. The van der Waals surface area contributed by atoms with Gasteiger partial charge in [-0.05, 0) is 30.3 Å². The van der Waals surface area contributed by atoms with Crippen LogP contribution in [0.25, 0.3) is 6.08 Å². The first kappa shape index (κ1) is 17.2. The largest absolute Gasteiger partial charge is 0.426 e. The quantitative estimate of drug-likeness (QED) is 0.456. The average Bonchev–Trinajstić information content (AvgIpc) is 2.89. The summed E-state index contributed by atoms with van der Waals surface area (Å²) in [7, 11) is 0. The minimum absolute atomic E-state index is 0.0700. The van der Waals surface area contributed by atoms with E-state index in [1.165, 1.54) is 19.1 Å². The molecule has 0 saturated heterocycles. The van der Waals surface area contributed by atoms with Crippen molar-refractivity contribution >= 4 is 47.1 Å². The summed E-state index contributed by atoms with van der Waals surface area (Å²) < 4.78 is 10.3. The number of aliphatic imine (C=N–C) groups is 1. The number of rotatable bonds is 3. The fourth-order valence-electron chi connectivity index (χ4n) is 2.18. The molecule has 2 aromatic rings. The lowest BCUT2D eigenvalue weighted by Crippen LogP contribution is -2.06. The molecule has 25 heavy (non-hydrogen) atoms. The fraction of sp³-hybridized carbons (Fsp3) is 0.0556. The second kappa shape index (κ2) is 7.09. The molecule has 0 saturated carbocycles. The molecule has 1 heterocycles. The van der Waals surface area contributed by atoms with E-state index in [0.717, 1.165) is 0 Å². The van der Waals surface area contributed by atoms with E-state index in [4.69, 9.17) is 32.7 Å². The number of hydrogen-bond acceptors (Lipinski definition) is 5. The first-order chi connectivity index (χ1) is 11.9. The Morgan fingerprint density at radius 3 is 2.68 bits per heavy atom. The third-order valence-corrected chi connectivity index (χ3v) is 3.79. The topological polar surface area (TPSA) is 65.0 Å². The Hall–Kier alpha value is -2.63. The van der Waals surface area contributed by atoms with Gasteiger partial charge in [0.1, 0.15) is 5.75 Å². The van der Waals surface area contributed by atoms with Crippen LogP contribution in [0.5, 0.6) is 5.75 Å². The highest BCUT2D eigenvalue weighted by molar-refractivity contribution is 6.37. The maximum Gasteiger partial charge on any atom is 0.363 e. The summed E-state index contributed by atoms with van der Waals surface area (Å²) in [6, 6.07) is 11.6. The summed E-state index contributed by atoms with van der Waals surface area (Å²) in [6.07, 6.45) is 1.48. The normalized spacial score (nSPS) is 15.1. The van der Waals surface area contributed by atoms with Crippen LogP contribution < -0.4 is 4.74 Å². The van der Waals surface area contributed by atoms with Crippen molar-refractivity contribution in [2.75, 3.05) is 0 Å². The highest BCUT2D eigenvalue weighted by Gasteiger charge is 2.26. The standard InChI is InChI=1S/C18H11Cl2NO4/c1-10(22)24-16-5-3-2-4-11(16)8-15-18(23)25-17(21-15)13-7-6-12(19)9-14(13)20/h2-9H,1H3/b15-8+. The molecule has 0 unspecified atom stereocenters.